The van der Waals surface area contributed by atoms with Gasteiger partial charge >= 0.3 is 0 Å². The van der Waals surface area contributed by atoms with Crippen molar-refractivity contribution >= 4 is 10.8 Å². The molecular weight excluding hydrogens is 262 g/mol. The summed E-state index contributed by atoms with van der Waals surface area (Å²) in [7, 11) is 1.69. The molecule has 0 aliphatic carbocycles. The summed E-state index contributed by atoms with van der Waals surface area (Å²) in [6, 6.07) is 12.2. The van der Waals surface area contributed by atoms with Crippen LogP contribution in [0.4, 0.5) is 0 Å². The summed E-state index contributed by atoms with van der Waals surface area (Å²) in [5.41, 5.74) is 0.991. The second-order valence-electron chi connectivity index (χ2n) is 5.76. The van der Waals surface area contributed by atoms with Crippen molar-refractivity contribution in [3.8, 4) is 5.75 Å². The lowest BCUT2D eigenvalue weighted by Crippen LogP contribution is -2.34. The highest BCUT2D eigenvalue weighted by molar-refractivity contribution is 5.91. The monoisotopic (exact) mass is 285 g/mol. The van der Waals surface area contributed by atoms with Crippen LogP contribution in [0.2, 0.25) is 0 Å². The zero-order valence-corrected chi connectivity index (χ0v) is 12.5. The highest BCUT2D eigenvalue weighted by Crippen LogP contribution is 2.33. The Morgan fingerprint density at radius 1 is 1.10 bits per heavy atom. The van der Waals surface area contributed by atoms with E-state index >= 15 is 0 Å². The van der Waals surface area contributed by atoms with Gasteiger partial charge in [0, 0.05) is 11.4 Å². The second-order valence-corrected chi connectivity index (χ2v) is 5.76. The third-order valence-corrected chi connectivity index (χ3v) is 4.44. The van der Waals surface area contributed by atoms with Gasteiger partial charge in [0.15, 0.2) is 0 Å². The molecule has 3 heteroatoms. The molecule has 2 atom stereocenters. The van der Waals surface area contributed by atoms with Crippen LogP contribution in [0.5, 0.6) is 5.75 Å². The van der Waals surface area contributed by atoms with Crippen molar-refractivity contribution in [3.63, 3.8) is 0 Å². The Balaban J connectivity index is 1.99. The van der Waals surface area contributed by atoms with Gasteiger partial charge in [0.1, 0.15) is 5.75 Å². The number of hydrogen-bond acceptors (Lipinski definition) is 3. The number of aliphatic hydroxyl groups excluding tert-OH is 1. The van der Waals surface area contributed by atoms with Crippen molar-refractivity contribution in [2.45, 2.75) is 37.8 Å². The van der Waals surface area contributed by atoms with E-state index in [1.54, 1.807) is 7.11 Å². The van der Waals surface area contributed by atoms with Crippen molar-refractivity contribution in [1.29, 1.82) is 0 Å². The number of fused-ring (bicyclic) bond motifs is 1. The Morgan fingerprint density at radius 2 is 1.90 bits per heavy atom. The zero-order chi connectivity index (χ0) is 14.7. The van der Waals surface area contributed by atoms with E-state index in [4.69, 9.17) is 4.74 Å². The molecule has 0 aromatic heterocycles. The minimum absolute atomic E-state index is 0.143. The molecule has 1 aliphatic heterocycles. The molecule has 2 aromatic carbocycles. The Hall–Kier alpha value is -1.58. The Bertz CT molecular complexity index is 603. The fourth-order valence-electron chi connectivity index (χ4n) is 3.27. The third kappa shape index (κ3) is 2.89. The first-order valence-electron chi connectivity index (χ1n) is 7.78. The number of nitrogens with one attached hydrogen (secondary N) is 1. The molecule has 1 fully saturated rings. The van der Waals surface area contributed by atoms with Gasteiger partial charge in [0.2, 0.25) is 0 Å². The van der Waals surface area contributed by atoms with Crippen LogP contribution in [0.3, 0.4) is 0 Å². The van der Waals surface area contributed by atoms with Crippen LogP contribution in [0.25, 0.3) is 10.8 Å². The van der Waals surface area contributed by atoms with Crippen LogP contribution < -0.4 is 10.1 Å². The molecule has 1 aliphatic rings. The van der Waals surface area contributed by atoms with Crippen LogP contribution in [-0.4, -0.2) is 24.8 Å². The minimum atomic E-state index is -0.473. The predicted octanol–water partition coefficient (Wildman–Crippen LogP) is 3.41. The van der Waals surface area contributed by atoms with Crippen molar-refractivity contribution in [3.05, 3.63) is 42.0 Å². The smallest absolute Gasteiger partial charge is 0.126 e. The lowest BCUT2D eigenvalue weighted by molar-refractivity contribution is 0.127. The average molecular weight is 285 g/mol. The van der Waals surface area contributed by atoms with E-state index in [9.17, 15) is 5.11 Å². The van der Waals surface area contributed by atoms with E-state index in [0.29, 0.717) is 0 Å². The standard InChI is InChI=1S/C18H23NO2/c1-21-17-11-10-15(13-7-4-5-8-14(13)17)18(20)16-9-3-2-6-12-19-16/h4-5,7-8,10-11,16,18-20H,2-3,6,9,12H2,1H3. The number of benzene rings is 2. The second kappa shape index (κ2) is 6.46. The molecule has 2 N–H and O–H groups in total. The van der Waals surface area contributed by atoms with E-state index in [2.05, 4.69) is 11.4 Å². The maximum absolute atomic E-state index is 10.8. The summed E-state index contributed by atoms with van der Waals surface area (Å²) in [4.78, 5) is 0. The van der Waals surface area contributed by atoms with E-state index in [-0.39, 0.29) is 6.04 Å². The van der Waals surface area contributed by atoms with Gasteiger partial charge in [0.25, 0.3) is 0 Å². The van der Waals surface area contributed by atoms with E-state index in [1.165, 1.54) is 19.3 Å². The minimum Gasteiger partial charge on any atom is -0.496 e. The molecule has 2 unspecified atom stereocenters. The van der Waals surface area contributed by atoms with Crippen molar-refractivity contribution in [2.24, 2.45) is 0 Å². The molecule has 0 spiro atoms. The fraction of sp³-hybridized carbons (Fsp3) is 0.444. The van der Waals surface area contributed by atoms with Crippen molar-refractivity contribution < 1.29 is 9.84 Å². The molecule has 0 bridgehead atoms. The molecule has 3 nitrogen and oxygen atoms in total. The van der Waals surface area contributed by atoms with Crippen LogP contribution in [0, 0.1) is 0 Å². The van der Waals surface area contributed by atoms with Crippen LogP contribution in [-0.2, 0) is 0 Å². The van der Waals surface area contributed by atoms with Gasteiger partial charge in [0.05, 0.1) is 13.2 Å². The lowest BCUT2D eigenvalue weighted by atomic mass is 9.93. The average Bonchev–Trinajstić information content (AvgIpc) is 2.82. The largest absolute Gasteiger partial charge is 0.496 e. The van der Waals surface area contributed by atoms with Gasteiger partial charge in [-0.15, -0.1) is 0 Å². The molecule has 0 saturated carbocycles. The number of rotatable bonds is 3. The molecule has 1 saturated heterocycles. The summed E-state index contributed by atoms with van der Waals surface area (Å²) < 4.78 is 5.43. The number of hydrogen-bond donors (Lipinski definition) is 2. The topological polar surface area (TPSA) is 41.5 Å². The van der Waals surface area contributed by atoms with Crippen molar-refractivity contribution in [1.82, 2.24) is 5.32 Å². The number of methoxy groups -OCH3 is 1. The molecule has 0 amide bonds. The lowest BCUT2D eigenvalue weighted by Gasteiger charge is -2.24. The fourth-order valence-corrected chi connectivity index (χ4v) is 3.27. The van der Waals surface area contributed by atoms with Crippen LogP contribution in [0.1, 0.15) is 37.4 Å². The van der Waals surface area contributed by atoms with Crippen LogP contribution in [0.15, 0.2) is 36.4 Å². The highest BCUT2D eigenvalue weighted by Gasteiger charge is 2.23. The molecule has 1 heterocycles. The summed E-state index contributed by atoms with van der Waals surface area (Å²) in [6.07, 6.45) is 4.19. The Kier molecular flexibility index (Phi) is 4.42. The molecule has 3 rings (SSSR count). The van der Waals surface area contributed by atoms with Gasteiger partial charge < -0.3 is 15.2 Å². The quantitative estimate of drug-likeness (QED) is 0.908. The number of aliphatic hydroxyl groups is 1. The molecule has 2 aromatic rings. The van der Waals surface area contributed by atoms with Gasteiger partial charge in [-0.1, -0.05) is 43.2 Å². The predicted molar refractivity (Wildman–Crippen MR) is 85.7 cm³/mol. The molecule has 112 valence electrons. The molecule has 0 radical (unpaired) electrons. The summed E-state index contributed by atoms with van der Waals surface area (Å²) in [6.45, 7) is 0.996. The first kappa shape index (κ1) is 14.4. The molecule has 21 heavy (non-hydrogen) atoms. The zero-order valence-electron chi connectivity index (χ0n) is 12.5. The van der Waals surface area contributed by atoms with Gasteiger partial charge in [-0.2, -0.15) is 0 Å². The SMILES string of the molecule is COc1ccc(C(O)C2CCCCCN2)c2ccccc12. The first-order chi connectivity index (χ1) is 10.3. The molecular formula is C18H23NO2. The summed E-state index contributed by atoms with van der Waals surface area (Å²) in [5, 5.41) is 16.5. The summed E-state index contributed by atoms with van der Waals surface area (Å²) in [5.74, 6) is 0.857. The van der Waals surface area contributed by atoms with Gasteiger partial charge in [-0.25, -0.2) is 0 Å². The highest BCUT2D eigenvalue weighted by atomic mass is 16.5. The van der Waals surface area contributed by atoms with Gasteiger partial charge in [-0.05, 0) is 36.4 Å². The Labute approximate surface area is 125 Å². The van der Waals surface area contributed by atoms with E-state index in [1.807, 2.05) is 30.3 Å². The Morgan fingerprint density at radius 3 is 2.71 bits per heavy atom. The normalized spacial score (nSPS) is 21.0. The summed E-state index contributed by atoms with van der Waals surface area (Å²) >= 11 is 0. The maximum Gasteiger partial charge on any atom is 0.126 e. The van der Waals surface area contributed by atoms with Crippen molar-refractivity contribution in [2.75, 3.05) is 13.7 Å². The van der Waals surface area contributed by atoms with E-state index in [0.717, 1.165) is 35.1 Å². The number of ether oxygens (including phenoxy) is 1. The maximum atomic E-state index is 10.8. The van der Waals surface area contributed by atoms with E-state index < -0.39 is 6.10 Å². The van der Waals surface area contributed by atoms with Crippen LogP contribution >= 0.6 is 0 Å². The third-order valence-electron chi connectivity index (χ3n) is 4.44. The first-order valence-corrected chi connectivity index (χ1v) is 7.78. The van der Waals surface area contributed by atoms with Gasteiger partial charge in [-0.3, -0.25) is 0 Å².